The molecule has 1 fully saturated rings. The molecule has 0 bridgehead atoms. The zero-order valence-electron chi connectivity index (χ0n) is 8.06. The molecular formula is C11H15NOS. The lowest BCUT2D eigenvalue weighted by molar-refractivity contribution is 0.294. The van der Waals surface area contributed by atoms with E-state index < -0.39 is 10.8 Å². The van der Waals surface area contributed by atoms with Crippen LogP contribution in [0, 0.1) is 5.92 Å². The van der Waals surface area contributed by atoms with E-state index in [1.807, 2.05) is 30.3 Å². The number of nitrogens with two attached hydrogens (primary N) is 1. The first-order valence-electron chi connectivity index (χ1n) is 4.94. The van der Waals surface area contributed by atoms with Gasteiger partial charge in [0, 0.05) is 16.7 Å². The lowest BCUT2D eigenvalue weighted by atomic mass is 9.82. The van der Waals surface area contributed by atoms with Gasteiger partial charge in [0.15, 0.2) is 0 Å². The van der Waals surface area contributed by atoms with E-state index in [2.05, 4.69) is 0 Å². The minimum atomic E-state index is -0.833. The van der Waals surface area contributed by atoms with Gasteiger partial charge in [-0.25, -0.2) is 0 Å². The second-order valence-electron chi connectivity index (χ2n) is 3.92. The summed E-state index contributed by atoms with van der Waals surface area (Å²) in [5.74, 6) is 1.35. The van der Waals surface area contributed by atoms with Crippen LogP contribution in [0.3, 0.4) is 0 Å². The average Bonchev–Trinajstić information content (AvgIpc) is 2.17. The first kappa shape index (κ1) is 9.87. The molecule has 1 aliphatic rings. The van der Waals surface area contributed by atoms with Gasteiger partial charge in [0.1, 0.15) is 0 Å². The Labute approximate surface area is 87.0 Å². The van der Waals surface area contributed by atoms with Crippen LogP contribution >= 0.6 is 0 Å². The molecular weight excluding hydrogens is 194 g/mol. The van der Waals surface area contributed by atoms with Crippen LogP contribution in [0.5, 0.6) is 0 Å². The maximum Gasteiger partial charge on any atom is 0.0532 e. The van der Waals surface area contributed by atoms with Crippen LogP contribution < -0.4 is 5.73 Å². The second kappa shape index (κ2) is 4.24. The minimum absolute atomic E-state index is 0.354. The molecule has 0 radical (unpaired) electrons. The third-order valence-electron chi connectivity index (χ3n) is 2.67. The van der Waals surface area contributed by atoms with Crippen molar-refractivity contribution >= 4 is 10.8 Å². The molecule has 2 nitrogen and oxygen atoms in total. The van der Waals surface area contributed by atoms with Gasteiger partial charge in [-0.15, -0.1) is 0 Å². The fourth-order valence-electron chi connectivity index (χ4n) is 1.81. The summed E-state index contributed by atoms with van der Waals surface area (Å²) in [6.45, 7) is 0. The molecule has 1 aromatic rings. The van der Waals surface area contributed by atoms with Crippen LogP contribution in [0.2, 0.25) is 0 Å². The van der Waals surface area contributed by atoms with Gasteiger partial charge in [0.25, 0.3) is 0 Å². The molecule has 14 heavy (non-hydrogen) atoms. The molecule has 0 saturated heterocycles. The molecule has 0 spiro atoms. The number of rotatable bonds is 3. The summed E-state index contributed by atoms with van der Waals surface area (Å²) in [4.78, 5) is 0.938. The van der Waals surface area contributed by atoms with Crippen LogP contribution in [0.15, 0.2) is 35.2 Å². The van der Waals surface area contributed by atoms with E-state index in [1.165, 1.54) is 0 Å². The van der Waals surface area contributed by atoms with Gasteiger partial charge >= 0.3 is 0 Å². The van der Waals surface area contributed by atoms with E-state index in [-0.39, 0.29) is 0 Å². The molecule has 3 heteroatoms. The van der Waals surface area contributed by atoms with Crippen LogP contribution in [0.1, 0.15) is 12.8 Å². The van der Waals surface area contributed by atoms with E-state index in [0.29, 0.717) is 12.0 Å². The summed E-state index contributed by atoms with van der Waals surface area (Å²) < 4.78 is 11.8. The average molecular weight is 209 g/mol. The molecule has 0 amide bonds. The largest absolute Gasteiger partial charge is 0.328 e. The maximum absolute atomic E-state index is 11.8. The normalized spacial score (nSPS) is 28.1. The lowest BCUT2D eigenvalue weighted by Gasteiger charge is -2.31. The molecule has 2 N–H and O–H groups in total. The van der Waals surface area contributed by atoms with Crippen molar-refractivity contribution in [3.63, 3.8) is 0 Å². The molecule has 1 saturated carbocycles. The molecule has 76 valence electrons. The van der Waals surface area contributed by atoms with Crippen molar-refractivity contribution in [2.24, 2.45) is 11.7 Å². The maximum atomic E-state index is 11.8. The quantitative estimate of drug-likeness (QED) is 0.820. The van der Waals surface area contributed by atoms with Crippen molar-refractivity contribution in [2.45, 2.75) is 23.8 Å². The molecule has 1 aliphatic carbocycles. The Bertz CT molecular complexity index is 319. The van der Waals surface area contributed by atoms with E-state index >= 15 is 0 Å². The Morgan fingerprint density at radius 3 is 2.50 bits per heavy atom. The van der Waals surface area contributed by atoms with Crippen LogP contribution in [-0.4, -0.2) is 16.0 Å². The first-order valence-corrected chi connectivity index (χ1v) is 6.26. The summed E-state index contributed by atoms with van der Waals surface area (Å²) in [7, 11) is -0.833. The summed E-state index contributed by atoms with van der Waals surface area (Å²) in [5, 5.41) is 0. The van der Waals surface area contributed by atoms with Gasteiger partial charge in [0.2, 0.25) is 0 Å². The zero-order valence-corrected chi connectivity index (χ0v) is 8.87. The van der Waals surface area contributed by atoms with Crippen molar-refractivity contribution in [1.29, 1.82) is 0 Å². The third kappa shape index (κ3) is 2.22. The Balaban J connectivity index is 1.90. The molecule has 2 rings (SSSR count). The highest BCUT2D eigenvalue weighted by atomic mass is 32.2. The molecule has 0 heterocycles. The smallest absolute Gasteiger partial charge is 0.0532 e. The topological polar surface area (TPSA) is 43.1 Å². The van der Waals surface area contributed by atoms with Crippen molar-refractivity contribution in [3.05, 3.63) is 30.3 Å². The number of benzene rings is 1. The third-order valence-corrected chi connectivity index (χ3v) is 4.24. The Morgan fingerprint density at radius 1 is 1.29 bits per heavy atom. The van der Waals surface area contributed by atoms with Gasteiger partial charge in [-0.3, -0.25) is 4.21 Å². The van der Waals surface area contributed by atoms with Crippen molar-refractivity contribution in [1.82, 2.24) is 0 Å². The monoisotopic (exact) mass is 209 g/mol. The predicted molar refractivity (Wildman–Crippen MR) is 58.4 cm³/mol. The highest BCUT2D eigenvalue weighted by Crippen LogP contribution is 2.27. The van der Waals surface area contributed by atoms with E-state index in [4.69, 9.17) is 5.73 Å². The first-order chi connectivity index (χ1) is 6.75. The van der Waals surface area contributed by atoms with E-state index in [0.717, 1.165) is 23.5 Å². The van der Waals surface area contributed by atoms with Gasteiger partial charge in [-0.05, 0) is 30.9 Å². The van der Waals surface area contributed by atoms with Crippen LogP contribution in [0.4, 0.5) is 0 Å². The van der Waals surface area contributed by atoms with Crippen molar-refractivity contribution in [3.8, 4) is 0 Å². The summed E-state index contributed by atoms with van der Waals surface area (Å²) in [6.07, 6.45) is 2.08. The van der Waals surface area contributed by atoms with Gasteiger partial charge < -0.3 is 5.73 Å². The van der Waals surface area contributed by atoms with E-state index in [1.54, 1.807) is 0 Å². The minimum Gasteiger partial charge on any atom is -0.328 e. The summed E-state index contributed by atoms with van der Waals surface area (Å²) in [5.41, 5.74) is 5.68. The molecule has 1 aromatic carbocycles. The fraction of sp³-hybridized carbons (Fsp3) is 0.455. The SMILES string of the molecule is NC1CC(CS(=O)c2ccccc2)C1. The van der Waals surface area contributed by atoms with Crippen LogP contribution in [0.25, 0.3) is 0 Å². The molecule has 1 atom stereocenters. The Hall–Kier alpha value is -0.670. The lowest BCUT2D eigenvalue weighted by Crippen LogP contribution is -2.38. The highest BCUT2D eigenvalue weighted by Gasteiger charge is 2.27. The standard InChI is InChI=1S/C11H15NOS/c12-10-6-9(7-10)8-14(13)11-4-2-1-3-5-11/h1-5,9-10H,6-8,12H2. The van der Waals surface area contributed by atoms with Crippen molar-refractivity contribution < 1.29 is 4.21 Å². The van der Waals surface area contributed by atoms with E-state index in [9.17, 15) is 4.21 Å². The van der Waals surface area contributed by atoms with Gasteiger partial charge in [-0.1, -0.05) is 18.2 Å². The van der Waals surface area contributed by atoms with Crippen LogP contribution in [-0.2, 0) is 10.8 Å². The Morgan fingerprint density at radius 2 is 1.93 bits per heavy atom. The number of hydrogen-bond acceptors (Lipinski definition) is 2. The second-order valence-corrected chi connectivity index (χ2v) is 5.42. The number of hydrogen-bond donors (Lipinski definition) is 1. The highest BCUT2D eigenvalue weighted by molar-refractivity contribution is 7.85. The van der Waals surface area contributed by atoms with Gasteiger partial charge in [-0.2, -0.15) is 0 Å². The Kier molecular flexibility index (Phi) is 2.99. The zero-order chi connectivity index (χ0) is 9.97. The summed E-state index contributed by atoms with van der Waals surface area (Å²) >= 11 is 0. The molecule has 0 aromatic heterocycles. The fourth-order valence-corrected chi connectivity index (χ4v) is 3.16. The van der Waals surface area contributed by atoms with Gasteiger partial charge in [0.05, 0.1) is 10.8 Å². The molecule has 0 aliphatic heterocycles. The summed E-state index contributed by atoms with van der Waals surface area (Å²) in [6, 6.07) is 10.0. The molecule has 1 unspecified atom stereocenters. The predicted octanol–water partition coefficient (Wildman–Crippen LogP) is 1.53. The van der Waals surface area contributed by atoms with Crippen molar-refractivity contribution in [2.75, 3.05) is 5.75 Å².